The number of hydrogen-bond acceptors (Lipinski definition) is 5. The lowest BCUT2D eigenvalue weighted by molar-refractivity contribution is -0.438. The van der Waals surface area contributed by atoms with Gasteiger partial charge in [0.05, 0.1) is 18.6 Å². The number of anilines is 1. The van der Waals surface area contributed by atoms with Crippen molar-refractivity contribution in [3.05, 3.63) is 106 Å². The summed E-state index contributed by atoms with van der Waals surface area (Å²) >= 11 is 7.21. The summed E-state index contributed by atoms with van der Waals surface area (Å²) < 4.78 is 12.8. The molecule has 0 saturated carbocycles. The van der Waals surface area contributed by atoms with Gasteiger partial charge >= 0.3 is 11.9 Å². The summed E-state index contributed by atoms with van der Waals surface area (Å²) in [5, 5.41) is 0.849. The van der Waals surface area contributed by atoms with E-state index in [-0.39, 0.29) is 22.8 Å². The number of esters is 2. The number of allylic oxidation sites excluding steroid dienone is 8. The maximum Gasteiger partial charge on any atom is 0.302 e. The monoisotopic (exact) mass is 683 g/mol. The van der Waals surface area contributed by atoms with Crippen molar-refractivity contribution in [2.24, 2.45) is 0 Å². The minimum Gasteiger partial charge on any atom is -0.466 e. The van der Waals surface area contributed by atoms with Gasteiger partial charge in [-0.1, -0.05) is 74.0 Å². The molecule has 0 fully saturated rings. The molecule has 0 radical (unpaired) electrons. The summed E-state index contributed by atoms with van der Waals surface area (Å²) in [4.78, 5) is 24.9. The molecule has 1 aliphatic carbocycles. The fourth-order valence-electron chi connectivity index (χ4n) is 7.51. The summed E-state index contributed by atoms with van der Waals surface area (Å²) in [6.07, 6.45) is 15.5. The van der Waals surface area contributed by atoms with Crippen molar-refractivity contribution in [2.75, 3.05) is 31.2 Å². The zero-order chi connectivity index (χ0) is 35.2. The number of nitrogens with zero attached hydrogens (tertiary/aromatic N) is 2. The first-order valence-electron chi connectivity index (χ1n) is 17.8. The summed E-state index contributed by atoms with van der Waals surface area (Å²) in [5.74, 6) is -0.458. The van der Waals surface area contributed by atoms with Gasteiger partial charge in [-0.05, 0) is 81.2 Å². The van der Waals surface area contributed by atoms with Crippen LogP contribution in [0.15, 0.2) is 94.7 Å². The molecule has 49 heavy (non-hydrogen) atoms. The second-order valence-corrected chi connectivity index (χ2v) is 14.7. The molecule has 0 atom stereocenters. The normalized spacial score (nSPS) is 19.6. The highest BCUT2D eigenvalue weighted by Gasteiger charge is 2.44. The van der Waals surface area contributed by atoms with Crippen LogP contribution < -0.4 is 4.90 Å². The quantitative estimate of drug-likeness (QED) is 0.120. The molecule has 0 bridgehead atoms. The van der Waals surface area contributed by atoms with Crippen molar-refractivity contribution in [1.29, 1.82) is 0 Å². The van der Waals surface area contributed by atoms with Crippen LogP contribution in [0, 0.1) is 0 Å². The van der Waals surface area contributed by atoms with Crippen LogP contribution >= 0.6 is 11.6 Å². The van der Waals surface area contributed by atoms with Crippen LogP contribution in [0.4, 0.5) is 11.4 Å². The third-order valence-corrected chi connectivity index (χ3v) is 10.6. The molecule has 0 unspecified atom stereocenters. The molecule has 0 spiro atoms. The minimum absolute atomic E-state index is 0.154. The van der Waals surface area contributed by atoms with Crippen LogP contribution in [0.2, 0.25) is 0 Å². The van der Waals surface area contributed by atoms with Crippen molar-refractivity contribution < 1.29 is 23.6 Å². The van der Waals surface area contributed by atoms with Crippen LogP contribution in [0.3, 0.4) is 0 Å². The maximum absolute atomic E-state index is 11.2. The molecule has 260 valence electrons. The summed E-state index contributed by atoms with van der Waals surface area (Å²) in [6, 6.07) is 17.3. The molecule has 2 aromatic rings. The molecule has 5 rings (SSSR count). The van der Waals surface area contributed by atoms with E-state index in [9.17, 15) is 9.59 Å². The first-order valence-corrected chi connectivity index (χ1v) is 18.2. The number of fused-ring (bicyclic) bond motifs is 2. The number of benzene rings is 2. The summed E-state index contributed by atoms with van der Waals surface area (Å²) in [5.41, 5.74) is 9.67. The number of rotatable bonds is 13. The Morgan fingerprint density at radius 3 is 2.18 bits per heavy atom. The lowest BCUT2D eigenvalue weighted by Gasteiger charge is -2.27. The van der Waals surface area contributed by atoms with Gasteiger partial charge in [0.15, 0.2) is 5.71 Å². The molecule has 2 aromatic carbocycles. The predicted molar refractivity (Wildman–Crippen MR) is 200 cm³/mol. The number of para-hydroxylation sites is 2. The Balaban J connectivity index is 1.41. The molecule has 0 N–H and O–H groups in total. The predicted octanol–water partition coefficient (Wildman–Crippen LogP) is 9.59. The molecule has 7 heteroatoms. The lowest BCUT2D eigenvalue weighted by Crippen LogP contribution is -2.28. The fourth-order valence-corrected chi connectivity index (χ4v) is 7.82. The smallest absolute Gasteiger partial charge is 0.302 e. The first-order chi connectivity index (χ1) is 23.4. The maximum atomic E-state index is 11.2. The Bertz CT molecular complexity index is 1730. The van der Waals surface area contributed by atoms with E-state index in [1.807, 2.05) is 0 Å². The van der Waals surface area contributed by atoms with Crippen molar-refractivity contribution in [3.63, 3.8) is 0 Å². The van der Waals surface area contributed by atoms with E-state index in [1.165, 1.54) is 58.9 Å². The third-order valence-electron chi connectivity index (χ3n) is 10.1. The van der Waals surface area contributed by atoms with Gasteiger partial charge in [0, 0.05) is 66.4 Å². The average Bonchev–Trinajstić information content (AvgIpc) is 3.41. The Labute approximate surface area is 297 Å². The zero-order valence-corrected chi connectivity index (χ0v) is 30.9. The summed E-state index contributed by atoms with van der Waals surface area (Å²) in [7, 11) is 0. The highest BCUT2D eigenvalue weighted by atomic mass is 35.5. The Morgan fingerprint density at radius 2 is 1.47 bits per heavy atom. The third kappa shape index (κ3) is 8.12. The Hall–Kier alpha value is -3.90. The number of unbranched alkanes of at least 4 members (excludes halogenated alkanes) is 2. The number of halogens is 1. The Kier molecular flexibility index (Phi) is 11.7. The van der Waals surface area contributed by atoms with Crippen molar-refractivity contribution in [3.8, 4) is 0 Å². The van der Waals surface area contributed by atoms with E-state index in [0.717, 1.165) is 63.1 Å². The minimum atomic E-state index is -0.229. The van der Waals surface area contributed by atoms with Crippen LogP contribution in [-0.2, 0) is 29.9 Å². The van der Waals surface area contributed by atoms with E-state index in [4.69, 9.17) is 21.1 Å². The Morgan fingerprint density at radius 1 is 0.816 bits per heavy atom. The molecule has 6 nitrogen and oxygen atoms in total. The number of hydrogen-bond donors (Lipinski definition) is 0. The number of ether oxygens (including phenoxy) is 2. The van der Waals surface area contributed by atoms with E-state index in [0.29, 0.717) is 13.2 Å². The van der Waals surface area contributed by atoms with Crippen LogP contribution in [0.5, 0.6) is 0 Å². The van der Waals surface area contributed by atoms with E-state index >= 15 is 0 Å². The molecule has 0 aromatic heterocycles. The van der Waals surface area contributed by atoms with Crippen LogP contribution in [-0.4, -0.2) is 48.5 Å². The van der Waals surface area contributed by atoms with Crippen LogP contribution in [0.1, 0.15) is 97.6 Å². The van der Waals surface area contributed by atoms with Gasteiger partial charge in [-0.2, -0.15) is 4.58 Å². The van der Waals surface area contributed by atoms with Gasteiger partial charge in [0.2, 0.25) is 5.69 Å². The van der Waals surface area contributed by atoms with Crippen LogP contribution in [0.25, 0.3) is 0 Å². The molecule has 0 amide bonds. The topological polar surface area (TPSA) is 58.9 Å². The van der Waals surface area contributed by atoms with Gasteiger partial charge in [-0.25, -0.2) is 0 Å². The molecule has 3 aliphatic rings. The molecular weight excluding hydrogens is 632 g/mol. The van der Waals surface area contributed by atoms with Crippen molar-refractivity contribution in [2.45, 2.75) is 97.3 Å². The molecular formula is C42H52ClN2O4+. The van der Waals surface area contributed by atoms with Gasteiger partial charge in [0.25, 0.3) is 0 Å². The van der Waals surface area contributed by atoms with Gasteiger partial charge in [0.1, 0.15) is 6.54 Å². The number of carbonyl (C=O) groups is 2. The van der Waals surface area contributed by atoms with E-state index < -0.39 is 0 Å². The average molecular weight is 684 g/mol. The van der Waals surface area contributed by atoms with Gasteiger partial charge in [-0.3, -0.25) is 9.59 Å². The standard InChI is InChI=1S/C42H52ClN2O4/c1-30(46)48-28-13-11-26-44-36-20-9-7-18-34(36)41(3,4)38(44)24-22-32-16-15-17-33(40(32)43)23-25-39-42(5,6)35-19-8-10-21-37(35)45(39)27-12-14-29-49-31(2)47/h7-10,18-25H,11-17,26-29H2,1-6H3/q+1. The fraction of sp³-hybridized carbons (Fsp3) is 0.452. The van der Waals surface area contributed by atoms with Gasteiger partial charge < -0.3 is 14.4 Å². The lowest BCUT2D eigenvalue weighted by atomic mass is 9.81. The molecule has 0 saturated heterocycles. The second kappa shape index (κ2) is 15.8. The van der Waals surface area contributed by atoms with E-state index in [1.54, 1.807) is 0 Å². The van der Waals surface area contributed by atoms with Gasteiger partial charge in [-0.15, -0.1) is 0 Å². The van der Waals surface area contributed by atoms with Crippen molar-refractivity contribution in [1.82, 2.24) is 0 Å². The largest absolute Gasteiger partial charge is 0.466 e. The number of carbonyl (C=O) groups excluding carboxylic acids is 2. The van der Waals surface area contributed by atoms with Crippen molar-refractivity contribution >= 4 is 40.6 Å². The molecule has 2 aliphatic heterocycles. The highest BCUT2D eigenvalue weighted by molar-refractivity contribution is 6.32. The zero-order valence-electron chi connectivity index (χ0n) is 30.1. The van der Waals surface area contributed by atoms with E-state index in [2.05, 4.69) is 110 Å². The second-order valence-electron chi connectivity index (χ2n) is 14.3. The first kappa shape index (κ1) is 36.4. The highest BCUT2D eigenvalue weighted by Crippen LogP contribution is 2.48. The molecule has 2 heterocycles. The summed E-state index contributed by atoms with van der Waals surface area (Å²) in [6.45, 7) is 14.7. The SMILES string of the molecule is CC(=O)OCCCCN1C(=CC=C2CCCC(C=CC3=[N+](CCCCOC(C)=O)c4ccccc4C3(C)C)=C2Cl)C(C)(C)c2ccccc21.